The van der Waals surface area contributed by atoms with Crippen molar-refractivity contribution in [1.29, 1.82) is 0 Å². The van der Waals surface area contributed by atoms with Gasteiger partial charge in [-0.05, 0) is 56.7 Å². The van der Waals surface area contributed by atoms with Crippen LogP contribution in [0.25, 0.3) is 0 Å². The summed E-state index contributed by atoms with van der Waals surface area (Å²) in [6, 6.07) is 11.9. The van der Waals surface area contributed by atoms with Gasteiger partial charge in [0.2, 0.25) is 5.91 Å². The van der Waals surface area contributed by atoms with Crippen molar-refractivity contribution in [2.24, 2.45) is 5.41 Å². The standard InChI is InChI=1S/C25H28ClFN2O4/c1-16-3-2-4-17(11-16)14-28-23(32)25-9-7-24(8-10-25,13-21(25)30)29-22(31)15-33-18-5-6-19(26)20(27)12-18/h2-6,11-12,21,30H,7-10,13-15H2,1H3,(H,28,32)(H,29,31)/t21-,24?,25?/m0/s1. The molecule has 8 heteroatoms. The van der Waals surface area contributed by atoms with Crippen molar-refractivity contribution >= 4 is 23.4 Å². The molecule has 2 amide bonds. The van der Waals surface area contributed by atoms with E-state index < -0.39 is 22.9 Å². The molecule has 6 nitrogen and oxygen atoms in total. The third-order valence-electron chi connectivity index (χ3n) is 6.97. The maximum absolute atomic E-state index is 13.5. The number of nitrogens with one attached hydrogen (secondary N) is 2. The SMILES string of the molecule is Cc1cccc(CNC(=O)C23CCC(NC(=O)COc4ccc(Cl)c(F)c4)(CC2)C[C@@H]3O)c1. The smallest absolute Gasteiger partial charge is 0.258 e. The summed E-state index contributed by atoms with van der Waals surface area (Å²) in [7, 11) is 0. The van der Waals surface area contributed by atoms with Crippen molar-refractivity contribution in [3.05, 3.63) is 64.4 Å². The highest BCUT2D eigenvalue weighted by Gasteiger charge is 2.58. The fourth-order valence-electron chi connectivity index (χ4n) is 5.06. The van der Waals surface area contributed by atoms with Crippen molar-refractivity contribution < 1.29 is 23.8 Å². The summed E-state index contributed by atoms with van der Waals surface area (Å²) in [6.45, 7) is 2.14. The lowest BCUT2D eigenvalue weighted by molar-refractivity contribution is -0.156. The van der Waals surface area contributed by atoms with Crippen LogP contribution in [0, 0.1) is 18.2 Å². The first-order valence-electron chi connectivity index (χ1n) is 11.1. The zero-order chi connectivity index (χ0) is 23.6. The Kier molecular flexibility index (Phi) is 6.64. The third-order valence-corrected chi connectivity index (χ3v) is 7.28. The molecule has 0 radical (unpaired) electrons. The molecule has 0 unspecified atom stereocenters. The Morgan fingerprint density at radius 3 is 2.61 bits per heavy atom. The topological polar surface area (TPSA) is 87.7 Å². The average Bonchev–Trinajstić information content (AvgIpc) is 2.79. The Morgan fingerprint density at radius 2 is 1.94 bits per heavy atom. The molecule has 3 aliphatic rings. The number of aliphatic hydroxyl groups excluding tert-OH is 1. The maximum atomic E-state index is 13.5. The Morgan fingerprint density at radius 1 is 1.18 bits per heavy atom. The van der Waals surface area contributed by atoms with Crippen LogP contribution in [-0.2, 0) is 16.1 Å². The number of hydrogen-bond donors (Lipinski definition) is 3. The van der Waals surface area contributed by atoms with E-state index >= 15 is 0 Å². The number of benzene rings is 2. The molecule has 2 aromatic rings. The number of fused-ring (bicyclic) bond motifs is 3. The number of carbonyl (C=O) groups excluding carboxylic acids is 2. The fourth-order valence-corrected chi connectivity index (χ4v) is 5.18. The highest BCUT2D eigenvalue weighted by molar-refractivity contribution is 6.30. The Balaban J connectivity index is 1.32. The molecule has 0 spiro atoms. The number of rotatable bonds is 7. The van der Waals surface area contributed by atoms with Gasteiger partial charge in [-0.1, -0.05) is 41.4 Å². The van der Waals surface area contributed by atoms with Gasteiger partial charge in [0.25, 0.3) is 5.91 Å². The molecule has 176 valence electrons. The highest BCUT2D eigenvalue weighted by Crippen LogP contribution is 2.52. The van der Waals surface area contributed by atoms with Crippen LogP contribution in [0.15, 0.2) is 42.5 Å². The summed E-state index contributed by atoms with van der Waals surface area (Å²) in [5, 5.41) is 16.9. The first kappa shape index (κ1) is 23.5. The minimum atomic E-state index is -0.843. The molecule has 3 aliphatic carbocycles. The van der Waals surface area contributed by atoms with Crippen LogP contribution in [-0.4, -0.2) is 35.2 Å². The van der Waals surface area contributed by atoms with Crippen LogP contribution in [0.4, 0.5) is 4.39 Å². The van der Waals surface area contributed by atoms with Gasteiger partial charge in [-0.25, -0.2) is 4.39 Å². The number of amides is 2. The van der Waals surface area contributed by atoms with Crippen molar-refractivity contribution in [2.75, 3.05) is 6.61 Å². The normalized spacial score (nSPS) is 26.0. The van der Waals surface area contributed by atoms with Crippen LogP contribution in [0.3, 0.4) is 0 Å². The number of aliphatic hydroxyl groups is 1. The number of carbonyl (C=O) groups is 2. The van der Waals surface area contributed by atoms with Crippen LogP contribution in [0.5, 0.6) is 5.75 Å². The second kappa shape index (κ2) is 9.31. The van der Waals surface area contributed by atoms with Crippen molar-refractivity contribution in [3.63, 3.8) is 0 Å². The van der Waals surface area contributed by atoms with E-state index in [0.717, 1.165) is 17.2 Å². The molecule has 0 aliphatic heterocycles. The lowest BCUT2D eigenvalue weighted by Crippen LogP contribution is -2.65. The predicted molar refractivity (Wildman–Crippen MR) is 122 cm³/mol. The Hall–Kier alpha value is -2.64. The summed E-state index contributed by atoms with van der Waals surface area (Å²) in [5.74, 6) is -0.894. The van der Waals surface area contributed by atoms with E-state index in [1.165, 1.54) is 12.1 Å². The predicted octanol–water partition coefficient (Wildman–Crippen LogP) is 3.66. The summed E-state index contributed by atoms with van der Waals surface area (Å²) < 4.78 is 18.9. The van der Waals surface area contributed by atoms with Gasteiger partial charge in [-0.3, -0.25) is 9.59 Å². The van der Waals surface area contributed by atoms with Crippen LogP contribution in [0.1, 0.15) is 43.2 Å². The van der Waals surface area contributed by atoms with E-state index in [1.807, 2.05) is 31.2 Å². The Labute approximate surface area is 197 Å². The van der Waals surface area contributed by atoms with E-state index in [9.17, 15) is 19.1 Å². The van der Waals surface area contributed by atoms with Gasteiger partial charge >= 0.3 is 0 Å². The van der Waals surface area contributed by atoms with Crippen molar-refractivity contribution in [1.82, 2.24) is 10.6 Å². The number of hydrogen-bond acceptors (Lipinski definition) is 4. The second-order valence-electron chi connectivity index (χ2n) is 9.24. The van der Waals surface area contributed by atoms with Crippen LogP contribution >= 0.6 is 11.6 Å². The minimum absolute atomic E-state index is 0.0181. The van der Waals surface area contributed by atoms with Gasteiger partial charge in [0, 0.05) is 18.2 Å². The van der Waals surface area contributed by atoms with Gasteiger partial charge in [0.15, 0.2) is 6.61 Å². The van der Waals surface area contributed by atoms with Crippen molar-refractivity contribution in [2.45, 2.75) is 57.2 Å². The molecule has 0 heterocycles. The molecule has 0 saturated heterocycles. The monoisotopic (exact) mass is 474 g/mol. The molecule has 2 bridgehead atoms. The molecule has 5 rings (SSSR count). The summed E-state index contributed by atoms with van der Waals surface area (Å²) in [6.07, 6.45) is 1.66. The molecule has 0 aromatic heterocycles. The molecule has 3 N–H and O–H groups in total. The van der Waals surface area contributed by atoms with Crippen molar-refractivity contribution in [3.8, 4) is 5.75 Å². The molecule has 3 fully saturated rings. The number of aryl methyl sites for hydroxylation is 1. The minimum Gasteiger partial charge on any atom is -0.484 e. The van der Waals surface area contributed by atoms with Gasteiger partial charge < -0.3 is 20.5 Å². The van der Waals surface area contributed by atoms with Gasteiger partial charge in [0.05, 0.1) is 16.5 Å². The van der Waals surface area contributed by atoms with E-state index in [-0.39, 0.29) is 29.2 Å². The summed E-state index contributed by atoms with van der Waals surface area (Å²) in [4.78, 5) is 25.6. The number of ether oxygens (including phenoxy) is 1. The average molecular weight is 475 g/mol. The summed E-state index contributed by atoms with van der Waals surface area (Å²) in [5.41, 5.74) is 0.751. The molecular formula is C25H28ClFN2O4. The molecule has 33 heavy (non-hydrogen) atoms. The second-order valence-corrected chi connectivity index (χ2v) is 9.65. The van der Waals surface area contributed by atoms with Gasteiger partial charge in [-0.15, -0.1) is 0 Å². The highest BCUT2D eigenvalue weighted by atomic mass is 35.5. The van der Waals surface area contributed by atoms with E-state index in [1.54, 1.807) is 0 Å². The molecular weight excluding hydrogens is 447 g/mol. The third kappa shape index (κ3) is 4.99. The number of halogens is 2. The largest absolute Gasteiger partial charge is 0.484 e. The van der Waals surface area contributed by atoms with E-state index in [2.05, 4.69) is 10.6 Å². The Bertz CT molecular complexity index is 1050. The van der Waals surface area contributed by atoms with Crippen LogP contribution in [0.2, 0.25) is 5.02 Å². The van der Waals surface area contributed by atoms with Gasteiger partial charge in [-0.2, -0.15) is 0 Å². The molecule has 2 aromatic carbocycles. The zero-order valence-corrected chi connectivity index (χ0v) is 19.3. The first-order valence-corrected chi connectivity index (χ1v) is 11.5. The zero-order valence-electron chi connectivity index (χ0n) is 18.5. The first-order chi connectivity index (χ1) is 15.7. The van der Waals surface area contributed by atoms with E-state index in [4.69, 9.17) is 16.3 Å². The van der Waals surface area contributed by atoms with E-state index in [0.29, 0.717) is 38.6 Å². The fraction of sp³-hybridized carbons (Fsp3) is 0.440. The quantitative estimate of drug-likeness (QED) is 0.571. The van der Waals surface area contributed by atoms with Gasteiger partial charge in [0.1, 0.15) is 11.6 Å². The maximum Gasteiger partial charge on any atom is 0.258 e. The summed E-state index contributed by atoms with van der Waals surface area (Å²) >= 11 is 5.66. The van der Waals surface area contributed by atoms with Crippen LogP contribution < -0.4 is 15.4 Å². The lowest BCUT2D eigenvalue weighted by atomic mass is 9.55. The molecule has 3 saturated carbocycles. The lowest BCUT2D eigenvalue weighted by Gasteiger charge is -2.55. The molecule has 1 atom stereocenters.